The molecular weight excluding hydrogens is 182 g/mol. The first-order valence-corrected chi connectivity index (χ1v) is 6.33. The van der Waals surface area contributed by atoms with E-state index in [-0.39, 0.29) is 0 Å². The Kier molecular flexibility index (Phi) is 2.27. The van der Waals surface area contributed by atoms with Crippen molar-refractivity contribution < 1.29 is 0 Å². The molecule has 15 heavy (non-hydrogen) atoms. The Morgan fingerprint density at radius 1 is 1.13 bits per heavy atom. The predicted octanol–water partition coefficient (Wildman–Crippen LogP) is 3.09. The summed E-state index contributed by atoms with van der Waals surface area (Å²) >= 11 is 0. The van der Waals surface area contributed by atoms with E-state index in [0.29, 0.717) is 0 Å². The van der Waals surface area contributed by atoms with Crippen LogP contribution in [0.1, 0.15) is 48.6 Å². The first-order chi connectivity index (χ1) is 7.34. The maximum absolute atomic E-state index is 4.67. The summed E-state index contributed by atoms with van der Waals surface area (Å²) in [5.41, 5.74) is 6.27. The third-order valence-corrected chi connectivity index (χ3v) is 4.03. The van der Waals surface area contributed by atoms with Crippen LogP contribution >= 0.6 is 0 Å². The SMILES string of the molecule is CC1CCc2ncc3c(c2C1)CCCC3. The second-order valence-corrected chi connectivity index (χ2v) is 5.24. The van der Waals surface area contributed by atoms with Gasteiger partial charge in [-0.3, -0.25) is 4.98 Å². The molecule has 2 aliphatic carbocycles. The Morgan fingerprint density at radius 3 is 2.93 bits per heavy atom. The molecule has 1 unspecified atom stereocenters. The maximum atomic E-state index is 4.67. The van der Waals surface area contributed by atoms with Gasteiger partial charge in [0.25, 0.3) is 0 Å². The average Bonchev–Trinajstić information content (AvgIpc) is 2.29. The molecule has 1 atom stereocenters. The van der Waals surface area contributed by atoms with Gasteiger partial charge in [0.2, 0.25) is 0 Å². The number of hydrogen-bond acceptors (Lipinski definition) is 1. The zero-order valence-electron chi connectivity index (χ0n) is 9.55. The van der Waals surface area contributed by atoms with Crippen LogP contribution in [0.4, 0.5) is 0 Å². The summed E-state index contributed by atoms with van der Waals surface area (Å²) in [7, 11) is 0. The van der Waals surface area contributed by atoms with Crippen LogP contribution in [-0.2, 0) is 25.7 Å². The molecule has 0 aliphatic heterocycles. The van der Waals surface area contributed by atoms with E-state index in [0.717, 1.165) is 5.92 Å². The predicted molar refractivity (Wildman–Crippen MR) is 62.1 cm³/mol. The quantitative estimate of drug-likeness (QED) is 0.628. The smallest absolute Gasteiger partial charge is 0.0438 e. The van der Waals surface area contributed by atoms with Crippen molar-refractivity contribution in [3.8, 4) is 0 Å². The lowest BCUT2D eigenvalue weighted by molar-refractivity contribution is 0.486. The highest BCUT2D eigenvalue weighted by Crippen LogP contribution is 2.31. The van der Waals surface area contributed by atoms with E-state index in [9.17, 15) is 0 Å². The Labute approximate surface area is 91.9 Å². The van der Waals surface area contributed by atoms with Crippen molar-refractivity contribution in [2.75, 3.05) is 0 Å². The standard InChI is InChI=1S/C14H19N/c1-10-6-7-14-13(8-10)12-5-3-2-4-11(12)9-15-14/h9-10H,2-8H2,1H3. The minimum atomic E-state index is 0.868. The lowest BCUT2D eigenvalue weighted by Gasteiger charge is -2.27. The van der Waals surface area contributed by atoms with Crippen LogP contribution in [0.2, 0.25) is 0 Å². The van der Waals surface area contributed by atoms with E-state index in [4.69, 9.17) is 0 Å². The first kappa shape index (κ1) is 9.38. The molecule has 0 saturated heterocycles. The summed E-state index contributed by atoms with van der Waals surface area (Å²) < 4.78 is 0. The van der Waals surface area contributed by atoms with Crippen LogP contribution in [0, 0.1) is 5.92 Å². The minimum absolute atomic E-state index is 0.868. The fourth-order valence-corrected chi connectivity index (χ4v) is 3.11. The molecule has 1 heteroatoms. The van der Waals surface area contributed by atoms with Gasteiger partial charge in [-0.15, -0.1) is 0 Å². The molecule has 2 aliphatic rings. The third kappa shape index (κ3) is 1.58. The van der Waals surface area contributed by atoms with Gasteiger partial charge in [0.05, 0.1) is 0 Å². The summed E-state index contributed by atoms with van der Waals surface area (Å²) in [5.74, 6) is 0.868. The van der Waals surface area contributed by atoms with Crippen LogP contribution in [0.25, 0.3) is 0 Å². The third-order valence-electron chi connectivity index (χ3n) is 4.03. The molecule has 0 fully saturated rings. The normalized spacial score (nSPS) is 24.5. The topological polar surface area (TPSA) is 12.9 Å². The van der Waals surface area contributed by atoms with E-state index >= 15 is 0 Å². The van der Waals surface area contributed by atoms with E-state index in [1.807, 2.05) is 0 Å². The Morgan fingerprint density at radius 2 is 2.00 bits per heavy atom. The lowest BCUT2D eigenvalue weighted by Crippen LogP contribution is -2.18. The van der Waals surface area contributed by atoms with Gasteiger partial charge in [-0.05, 0) is 67.6 Å². The van der Waals surface area contributed by atoms with Gasteiger partial charge in [-0.1, -0.05) is 6.92 Å². The largest absolute Gasteiger partial charge is 0.261 e. The van der Waals surface area contributed by atoms with Gasteiger partial charge < -0.3 is 0 Å². The van der Waals surface area contributed by atoms with Crippen molar-refractivity contribution in [2.45, 2.75) is 51.9 Å². The van der Waals surface area contributed by atoms with Gasteiger partial charge in [0.1, 0.15) is 0 Å². The number of hydrogen-bond donors (Lipinski definition) is 0. The van der Waals surface area contributed by atoms with Crippen LogP contribution in [0.15, 0.2) is 6.20 Å². The lowest BCUT2D eigenvalue weighted by atomic mass is 9.80. The zero-order valence-corrected chi connectivity index (χ0v) is 9.55. The van der Waals surface area contributed by atoms with E-state index < -0.39 is 0 Å². The molecule has 0 bridgehead atoms. The van der Waals surface area contributed by atoms with Gasteiger partial charge in [-0.25, -0.2) is 0 Å². The van der Waals surface area contributed by atoms with Crippen LogP contribution in [0.3, 0.4) is 0 Å². The molecule has 0 saturated carbocycles. The summed E-state index contributed by atoms with van der Waals surface area (Å²) in [6, 6.07) is 0. The maximum Gasteiger partial charge on any atom is 0.0438 e. The molecule has 1 heterocycles. The Bertz CT molecular complexity index is 381. The molecular formula is C14H19N. The molecule has 0 aromatic carbocycles. The van der Waals surface area contributed by atoms with Crippen LogP contribution in [0.5, 0.6) is 0 Å². The van der Waals surface area contributed by atoms with E-state index in [1.165, 1.54) is 50.6 Å². The van der Waals surface area contributed by atoms with Crippen LogP contribution < -0.4 is 0 Å². The summed E-state index contributed by atoms with van der Waals surface area (Å²) in [6.07, 6.45) is 11.3. The van der Waals surface area contributed by atoms with E-state index in [1.54, 1.807) is 16.7 Å². The molecule has 80 valence electrons. The second kappa shape index (κ2) is 3.62. The van der Waals surface area contributed by atoms with Crippen molar-refractivity contribution >= 4 is 0 Å². The minimum Gasteiger partial charge on any atom is -0.261 e. The monoisotopic (exact) mass is 201 g/mol. The van der Waals surface area contributed by atoms with Crippen molar-refractivity contribution in [3.63, 3.8) is 0 Å². The summed E-state index contributed by atoms with van der Waals surface area (Å²) in [5, 5.41) is 0. The molecule has 0 N–H and O–H groups in total. The highest BCUT2D eigenvalue weighted by atomic mass is 14.7. The van der Waals surface area contributed by atoms with Crippen molar-refractivity contribution in [1.82, 2.24) is 4.98 Å². The van der Waals surface area contributed by atoms with Gasteiger partial charge in [-0.2, -0.15) is 0 Å². The number of aryl methyl sites for hydroxylation is 2. The number of rotatable bonds is 0. The highest BCUT2D eigenvalue weighted by molar-refractivity contribution is 5.39. The fourth-order valence-electron chi connectivity index (χ4n) is 3.11. The molecule has 3 rings (SSSR count). The Hall–Kier alpha value is -0.850. The number of pyridine rings is 1. The van der Waals surface area contributed by atoms with Crippen molar-refractivity contribution in [2.24, 2.45) is 5.92 Å². The first-order valence-electron chi connectivity index (χ1n) is 6.33. The number of nitrogens with zero attached hydrogens (tertiary/aromatic N) is 1. The molecule has 1 nitrogen and oxygen atoms in total. The molecule has 0 amide bonds. The van der Waals surface area contributed by atoms with Crippen LogP contribution in [-0.4, -0.2) is 4.98 Å². The van der Waals surface area contributed by atoms with Gasteiger partial charge in [0, 0.05) is 11.9 Å². The molecule has 0 radical (unpaired) electrons. The highest BCUT2D eigenvalue weighted by Gasteiger charge is 2.22. The van der Waals surface area contributed by atoms with Crippen molar-refractivity contribution in [3.05, 3.63) is 28.6 Å². The zero-order chi connectivity index (χ0) is 10.3. The summed E-state index contributed by atoms with van der Waals surface area (Å²) in [4.78, 5) is 4.67. The van der Waals surface area contributed by atoms with E-state index in [2.05, 4.69) is 18.1 Å². The average molecular weight is 201 g/mol. The molecule has 1 aromatic heterocycles. The van der Waals surface area contributed by atoms with Gasteiger partial charge >= 0.3 is 0 Å². The Balaban J connectivity index is 2.08. The molecule has 0 spiro atoms. The fraction of sp³-hybridized carbons (Fsp3) is 0.643. The summed E-state index contributed by atoms with van der Waals surface area (Å²) in [6.45, 7) is 2.38. The van der Waals surface area contributed by atoms with Gasteiger partial charge in [0.15, 0.2) is 0 Å². The van der Waals surface area contributed by atoms with Crippen molar-refractivity contribution in [1.29, 1.82) is 0 Å². The number of fused-ring (bicyclic) bond motifs is 3. The second-order valence-electron chi connectivity index (χ2n) is 5.24. The number of aromatic nitrogens is 1. The molecule has 1 aromatic rings.